The molecule has 0 aromatic heterocycles. The number of aryl methyl sites for hydroxylation is 4. The number of hydrogen-bond donors (Lipinski definition) is 6. The molecular weight excluding hydrogens is 1400 g/mol. The number of aliphatic hydroxyl groups is 1. The lowest BCUT2D eigenvalue weighted by atomic mass is 9.90. The van der Waals surface area contributed by atoms with Gasteiger partial charge in [-0.2, -0.15) is 4.99 Å². The van der Waals surface area contributed by atoms with Gasteiger partial charge in [0.05, 0.1) is 32.1 Å². The number of aliphatic imine (C=N–C) groups is 1. The molecule has 0 radical (unpaired) electrons. The van der Waals surface area contributed by atoms with Crippen LogP contribution in [-0.2, 0) is 4.79 Å². The van der Waals surface area contributed by atoms with E-state index in [1.165, 1.54) is 105 Å². The highest BCUT2D eigenvalue weighted by Crippen LogP contribution is 2.28. The molecule has 568 valence electrons. The number of rotatable bonds is 16. The smallest absolute Gasteiger partial charge is 0.321 e. The Morgan fingerprint density at radius 3 is 1.00 bits per heavy atom. The van der Waals surface area contributed by atoms with Crippen LogP contribution in [0.25, 0.3) is 0 Å². The molecule has 8 aromatic carbocycles. The number of benzene rings is 8. The van der Waals surface area contributed by atoms with Gasteiger partial charge in [0, 0.05) is 59.2 Å². The second-order valence-corrected chi connectivity index (χ2v) is 29.1. The molecule has 2 saturated carbocycles. The SMILES string of the molecule is Cc1ccc(O)cc1.Cc1ccc(OCC2CCCCC2)cc1.Cc1ccc(OCC2CCN(C(=O)Nc3ccc(Cl)cc3)CC2)cc1.Cc1ccc(OCC2CCNCC2)cc1.O=C(Nc1ccc(Cl)cc1)N1CCC(COc2ccc(O)cc2)CC1.O=C=Nc1ccc(Cl)cc1.OCC1CCCCC1. The average molecular weight is 1510 g/mol. The van der Waals surface area contributed by atoms with Gasteiger partial charge in [-0.05, 0) is 280 Å². The Bertz CT molecular complexity index is 3530. The van der Waals surface area contributed by atoms with E-state index < -0.39 is 0 Å². The maximum absolute atomic E-state index is 12.3. The fraction of sp³-hybridized carbons (Fsp3) is 0.414. The van der Waals surface area contributed by atoms with Crippen molar-refractivity contribution in [3.05, 3.63) is 231 Å². The van der Waals surface area contributed by atoms with Crippen molar-refractivity contribution in [2.75, 3.05) is 82.9 Å². The number of nitrogens with zero attached hydrogens (tertiary/aromatic N) is 3. The summed E-state index contributed by atoms with van der Waals surface area (Å²) >= 11 is 17.3. The molecule has 0 unspecified atom stereocenters. The summed E-state index contributed by atoms with van der Waals surface area (Å²) in [5.74, 6) is 7.31. The van der Waals surface area contributed by atoms with Crippen LogP contribution >= 0.6 is 34.8 Å². The summed E-state index contributed by atoms with van der Waals surface area (Å²) in [7, 11) is 0. The molecule has 3 heterocycles. The molecule has 3 saturated heterocycles. The highest BCUT2D eigenvalue weighted by atomic mass is 35.5. The van der Waals surface area contributed by atoms with E-state index in [0.29, 0.717) is 77.2 Å². The van der Waals surface area contributed by atoms with Crippen LogP contribution < -0.4 is 34.9 Å². The molecule has 8 aromatic rings. The van der Waals surface area contributed by atoms with Crippen LogP contribution in [0, 0.1) is 57.3 Å². The highest BCUT2D eigenvalue weighted by molar-refractivity contribution is 6.31. The van der Waals surface area contributed by atoms with Crippen molar-refractivity contribution in [2.24, 2.45) is 34.6 Å². The largest absolute Gasteiger partial charge is 0.508 e. The topological polar surface area (TPSA) is 204 Å². The maximum atomic E-state index is 12.3. The van der Waals surface area contributed by atoms with Gasteiger partial charge < -0.3 is 60.0 Å². The summed E-state index contributed by atoms with van der Waals surface area (Å²) in [6.45, 7) is 17.0. The molecule has 6 N–H and O–H groups in total. The highest BCUT2D eigenvalue weighted by Gasteiger charge is 2.25. The molecule has 0 bridgehead atoms. The summed E-state index contributed by atoms with van der Waals surface area (Å²) in [5, 5.41) is 37.8. The van der Waals surface area contributed by atoms with E-state index in [1.807, 2.05) is 53.1 Å². The minimum Gasteiger partial charge on any atom is -0.508 e. The number of phenolic OH excluding ortho intramolecular Hbond substituents is 2. The van der Waals surface area contributed by atoms with Crippen molar-refractivity contribution < 1.29 is 48.7 Å². The fourth-order valence-electron chi connectivity index (χ4n) is 12.3. The molecule has 0 spiro atoms. The number of urea groups is 2. The monoisotopic (exact) mass is 1500 g/mol. The summed E-state index contributed by atoms with van der Waals surface area (Å²) < 4.78 is 23.2. The summed E-state index contributed by atoms with van der Waals surface area (Å²) in [6.07, 6.45) is 21.1. The van der Waals surface area contributed by atoms with Crippen LogP contribution in [0.4, 0.5) is 26.7 Å². The number of carbonyl (C=O) groups is 2. The third kappa shape index (κ3) is 34.7. The van der Waals surface area contributed by atoms with Crippen LogP contribution in [0.3, 0.4) is 0 Å². The van der Waals surface area contributed by atoms with Gasteiger partial charge in [0.1, 0.15) is 34.5 Å². The first kappa shape index (κ1) is 84.5. The van der Waals surface area contributed by atoms with Crippen molar-refractivity contribution in [1.82, 2.24) is 15.1 Å². The van der Waals surface area contributed by atoms with E-state index in [9.17, 15) is 19.5 Å². The second-order valence-electron chi connectivity index (χ2n) is 27.8. The number of piperidine rings is 3. The van der Waals surface area contributed by atoms with Gasteiger partial charge in [-0.15, -0.1) is 0 Å². The maximum Gasteiger partial charge on any atom is 0.321 e. The third-order valence-corrected chi connectivity index (χ3v) is 19.8. The number of nitrogens with one attached hydrogen (secondary N) is 3. The van der Waals surface area contributed by atoms with Gasteiger partial charge in [0.25, 0.3) is 0 Å². The molecule has 13 rings (SSSR count). The molecule has 2 aliphatic carbocycles. The molecule has 106 heavy (non-hydrogen) atoms. The third-order valence-electron chi connectivity index (χ3n) is 19.0. The molecule has 16 nitrogen and oxygen atoms in total. The van der Waals surface area contributed by atoms with E-state index >= 15 is 0 Å². The van der Waals surface area contributed by atoms with Gasteiger partial charge in [-0.1, -0.05) is 144 Å². The number of hydrogen-bond acceptors (Lipinski definition) is 12. The Morgan fingerprint density at radius 1 is 0.406 bits per heavy atom. The minimum atomic E-state index is -0.0831. The summed E-state index contributed by atoms with van der Waals surface area (Å²) in [6, 6.07) is 59.3. The number of anilines is 2. The molecular formula is C87H109Cl3N6O10. The zero-order valence-corrected chi connectivity index (χ0v) is 64.4. The lowest BCUT2D eigenvalue weighted by molar-refractivity contribution is 0.152. The van der Waals surface area contributed by atoms with Gasteiger partial charge in [-0.3, -0.25) is 0 Å². The zero-order chi connectivity index (χ0) is 75.5. The van der Waals surface area contributed by atoms with E-state index in [-0.39, 0.29) is 17.8 Å². The van der Waals surface area contributed by atoms with Crippen LogP contribution in [0.2, 0.25) is 15.1 Å². The fourth-order valence-corrected chi connectivity index (χ4v) is 12.6. The number of ether oxygens (including phenoxy) is 4. The Kier molecular flexibility index (Phi) is 38.7. The van der Waals surface area contributed by atoms with Crippen LogP contribution in [0.1, 0.15) is 125 Å². The lowest BCUT2D eigenvalue weighted by Gasteiger charge is -2.31. The minimum absolute atomic E-state index is 0.0553. The predicted octanol–water partition coefficient (Wildman–Crippen LogP) is 21.2. The van der Waals surface area contributed by atoms with Crippen molar-refractivity contribution >= 4 is 70.0 Å². The van der Waals surface area contributed by atoms with Gasteiger partial charge in [0.2, 0.25) is 6.08 Å². The average Bonchev–Trinajstić information content (AvgIpc) is 0.872. The number of amides is 4. The van der Waals surface area contributed by atoms with Crippen LogP contribution in [0.5, 0.6) is 34.5 Å². The first-order chi connectivity index (χ1) is 51.4. The number of aliphatic hydroxyl groups excluding tert-OH is 1. The Hall–Kier alpha value is -8.73. The summed E-state index contributed by atoms with van der Waals surface area (Å²) in [5.41, 5.74) is 7.05. The molecule has 5 aliphatic rings. The number of phenols is 2. The van der Waals surface area contributed by atoms with Crippen molar-refractivity contribution in [1.29, 1.82) is 0 Å². The van der Waals surface area contributed by atoms with Crippen molar-refractivity contribution in [2.45, 2.75) is 130 Å². The van der Waals surface area contributed by atoms with Gasteiger partial charge >= 0.3 is 12.1 Å². The second kappa shape index (κ2) is 48.5. The van der Waals surface area contributed by atoms with E-state index in [0.717, 1.165) is 111 Å². The Morgan fingerprint density at radius 2 is 0.689 bits per heavy atom. The first-order valence-corrected chi connectivity index (χ1v) is 38.6. The Balaban J connectivity index is 0.000000180. The number of aromatic hydroxyl groups is 2. The zero-order valence-electron chi connectivity index (χ0n) is 62.1. The van der Waals surface area contributed by atoms with Crippen molar-refractivity contribution in [3.8, 4) is 34.5 Å². The number of isocyanates is 1. The number of carbonyl (C=O) groups excluding carboxylic acids is 3. The van der Waals surface area contributed by atoms with E-state index in [1.54, 1.807) is 97.1 Å². The molecule has 4 amide bonds. The van der Waals surface area contributed by atoms with Gasteiger partial charge in [-0.25, -0.2) is 14.4 Å². The first-order valence-electron chi connectivity index (χ1n) is 37.5. The number of likely N-dealkylation sites (tertiary alicyclic amines) is 2. The summed E-state index contributed by atoms with van der Waals surface area (Å²) in [4.78, 5) is 41.4. The van der Waals surface area contributed by atoms with Crippen LogP contribution in [-0.4, -0.2) is 116 Å². The van der Waals surface area contributed by atoms with E-state index in [2.05, 4.69) is 102 Å². The molecule has 5 fully saturated rings. The Labute approximate surface area is 643 Å². The van der Waals surface area contributed by atoms with Gasteiger partial charge in [0.15, 0.2) is 0 Å². The van der Waals surface area contributed by atoms with E-state index in [4.69, 9.17) is 64.0 Å². The van der Waals surface area contributed by atoms with Crippen LogP contribution in [0.15, 0.2) is 199 Å². The predicted molar refractivity (Wildman–Crippen MR) is 431 cm³/mol. The molecule has 19 heteroatoms. The van der Waals surface area contributed by atoms with Crippen molar-refractivity contribution in [3.63, 3.8) is 0 Å². The molecule has 0 atom stereocenters. The number of halogens is 3. The quantitative estimate of drug-likeness (QED) is 0.0397. The normalized spacial score (nSPS) is 15.4. The molecule has 3 aliphatic heterocycles. The standard InChI is InChI=1S/C20H23ClN2O2.C19H21ClN2O3.C14H20O.C13H19NO.C7H4ClNO.C7H8O.C7H14O/c1-15-2-8-19(9-3-15)25-14-16-10-12-23(13-11-16)20(24)22-18-6-4-17(21)5-7-18;20-15-1-3-16(4-2-15)21-19(24)22-11-9-14(10-12-22)13-25-18-7-5-17(23)6-8-18;1-12-7-9-14(10-8-12)15-11-13-5-3-2-4-6-13;1-11-2-4-13(5-3-11)15-10-12-6-8-14-9-7-12;8-6-1-3-7(4-2-6)9-5-10;1-6-2-4-7(8)5-3-6;8-6-7-4-2-1-3-5-7/h2-9,16H,10-14H2,1H3,(H,22,24);1-8,14,23H,9-13H2,(H,21,24);7-10,13H,2-6,11H2,1H3;2-5,12,14H,6-10H2,1H3;1-4H;2-5,8H,1H3;7-8H,1-6H2. The lowest BCUT2D eigenvalue weighted by Crippen LogP contribution is -2.42.